The highest BCUT2D eigenvalue weighted by Gasteiger charge is 2.30. The van der Waals surface area contributed by atoms with Gasteiger partial charge in [0.25, 0.3) is 0 Å². The zero-order valence-corrected chi connectivity index (χ0v) is 15.2. The number of nitrogens with one attached hydrogen (secondary N) is 3. The first-order valence-electron chi connectivity index (χ1n) is 8.89. The van der Waals surface area contributed by atoms with Crippen molar-refractivity contribution in [1.29, 1.82) is 0 Å². The van der Waals surface area contributed by atoms with E-state index in [1.165, 1.54) is 12.1 Å². The van der Waals surface area contributed by atoms with Crippen molar-refractivity contribution in [2.45, 2.75) is 43.8 Å². The quantitative estimate of drug-likeness (QED) is 0.300. The van der Waals surface area contributed by atoms with Gasteiger partial charge < -0.3 is 31.9 Å². The van der Waals surface area contributed by atoms with Crippen LogP contribution in [0.4, 0.5) is 0 Å². The molecule has 152 valence electrons. The third kappa shape index (κ3) is 6.23. The summed E-state index contributed by atoms with van der Waals surface area (Å²) in [6, 6.07) is 3.09. The molecule has 0 aliphatic carbocycles. The molecule has 1 heterocycles. The van der Waals surface area contributed by atoms with Crippen molar-refractivity contribution in [2.24, 2.45) is 5.73 Å². The minimum Gasteiger partial charge on any atom is -0.508 e. The molecule has 0 radical (unpaired) electrons. The lowest BCUT2D eigenvalue weighted by Crippen LogP contribution is -2.55. The fraction of sp³-hybridized carbons (Fsp3) is 0.444. The molecule has 28 heavy (non-hydrogen) atoms. The zero-order valence-electron chi connectivity index (χ0n) is 15.2. The number of aliphatic carboxylic acids is 1. The lowest BCUT2D eigenvalue weighted by Gasteiger charge is -2.22. The standard InChI is InChI=1S/C18H24N4O6/c19-15(24)9-14(18(27)28)22-17(26)13(8-10-3-5-11(23)6-4-10)21-16(25)12-2-1-7-20-12/h3-6,12-14,20,23H,1-2,7-9H2,(H2,19,24)(H,21,25)(H,22,26)(H,27,28)/t12-,13-,14-/m0/s1. The largest absolute Gasteiger partial charge is 0.508 e. The first-order valence-corrected chi connectivity index (χ1v) is 8.89. The fourth-order valence-corrected chi connectivity index (χ4v) is 2.93. The molecule has 1 aliphatic heterocycles. The predicted molar refractivity (Wildman–Crippen MR) is 98.1 cm³/mol. The molecule has 0 bridgehead atoms. The van der Waals surface area contributed by atoms with Gasteiger partial charge in [-0.25, -0.2) is 4.79 Å². The van der Waals surface area contributed by atoms with E-state index in [9.17, 15) is 29.4 Å². The summed E-state index contributed by atoms with van der Waals surface area (Å²) < 4.78 is 0. The van der Waals surface area contributed by atoms with Crippen molar-refractivity contribution in [1.82, 2.24) is 16.0 Å². The molecule has 10 heteroatoms. The van der Waals surface area contributed by atoms with E-state index in [0.717, 1.165) is 6.42 Å². The molecule has 0 saturated carbocycles. The Morgan fingerprint density at radius 3 is 2.36 bits per heavy atom. The Kier molecular flexibility index (Phi) is 7.33. The molecule has 7 N–H and O–H groups in total. The molecular formula is C18H24N4O6. The van der Waals surface area contributed by atoms with E-state index in [1.54, 1.807) is 12.1 Å². The summed E-state index contributed by atoms with van der Waals surface area (Å²) in [4.78, 5) is 47.4. The number of carbonyl (C=O) groups excluding carboxylic acids is 3. The smallest absolute Gasteiger partial charge is 0.326 e. The first-order chi connectivity index (χ1) is 13.3. The van der Waals surface area contributed by atoms with Gasteiger partial charge in [-0.05, 0) is 37.1 Å². The Hall–Kier alpha value is -3.14. The monoisotopic (exact) mass is 392 g/mol. The Balaban J connectivity index is 2.13. The van der Waals surface area contributed by atoms with E-state index in [4.69, 9.17) is 5.73 Å². The van der Waals surface area contributed by atoms with Crippen LogP contribution in [0.5, 0.6) is 5.75 Å². The van der Waals surface area contributed by atoms with Gasteiger partial charge in [-0.15, -0.1) is 0 Å². The zero-order chi connectivity index (χ0) is 20.7. The predicted octanol–water partition coefficient (Wildman–Crippen LogP) is -1.38. The van der Waals surface area contributed by atoms with Crippen molar-refractivity contribution in [2.75, 3.05) is 6.54 Å². The minimum absolute atomic E-state index is 0.0522. The molecule has 1 aliphatic rings. The average Bonchev–Trinajstić information content (AvgIpc) is 3.16. The molecule has 1 fully saturated rings. The lowest BCUT2D eigenvalue weighted by atomic mass is 10.0. The molecular weight excluding hydrogens is 368 g/mol. The number of phenols is 1. The minimum atomic E-state index is -1.49. The van der Waals surface area contributed by atoms with E-state index >= 15 is 0 Å². The number of primary amides is 1. The Bertz CT molecular complexity index is 730. The average molecular weight is 392 g/mol. The molecule has 1 aromatic carbocycles. The normalized spacial score (nSPS) is 18.1. The van der Waals surface area contributed by atoms with Gasteiger partial charge >= 0.3 is 5.97 Å². The van der Waals surface area contributed by atoms with Crippen LogP contribution >= 0.6 is 0 Å². The summed E-state index contributed by atoms with van der Waals surface area (Å²) in [6.07, 6.45) is 0.990. The fourth-order valence-electron chi connectivity index (χ4n) is 2.93. The van der Waals surface area contributed by atoms with E-state index < -0.39 is 42.3 Å². The number of rotatable bonds is 9. The molecule has 1 aromatic rings. The van der Waals surface area contributed by atoms with Crippen molar-refractivity contribution in [3.8, 4) is 5.75 Å². The highest BCUT2D eigenvalue weighted by atomic mass is 16.4. The maximum atomic E-state index is 12.7. The number of benzene rings is 1. The number of hydrogen-bond donors (Lipinski definition) is 6. The van der Waals surface area contributed by atoms with Crippen LogP contribution in [0.2, 0.25) is 0 Å². The third-order valence-corrected chi connectivity index (χ3v) is 4.41. The summed E-state index contributed by atoms with van der Waals surface area (Å²) in [6.45, 7) is 0.701. The van der Waals surface area contributed by atoms with Crippen LogP contribution in [0.25, 0.3) is 0 Å². The molecule has 0 aromatic heterocycles. The van der Waals surface area contributed by atoms with Gasteiger partial charge in [-0.1, -0.05) is 12.1 Å². The van der Waals surface area contributed by atoms with Crippen molar-refractivity contribution < 1.29 is 29.4 Å². The van der Waals surface area contributed by atoms with Gasteiger partial charge in [-0.3, -0.25) is 14.4 Å². The van der Waals surface area contributed by atoms with E-state index in [0.29, 0.717) is 18.5 Å². The molecule has 2 rings (SSSR count). The lowest BCUT2D eigenvalue weighted by molar-refractivity contribution is -0.143. The van der Waals surface area contributed by atoms with Crippen LogP contribution < -0.4 is 21.7 Å². The molecule has 0 unspecified atom stereocenters. The maximum Gasteiger partial charge on any atom is 0.326 e. The highest BCUT2D eigenvalue weighted by molar-refractivity contribution is 5.93. The topological polar surface area (TPSA) is 171 Å². The number of nitrogens with two attached hydrogens (primary N) is 1. The van der Waals surface area contributed by atoms with Gasteiger partial charge in [0.1, 0.15) is 17.8 Å². The van der Waals surface area contributed by atoms with Crippen LogP contribution in [0.15, 0.2) is 24.3 Å². The number of carbonyl (C=O) groups is 4. The van der Waals surface area contributed by atoms with Gasteiger partial charge in [-0.2, -0.15) is 0 Å². The highest BCUT2D eigenvalue weighted by Crippen LogP contribution is 2.12. The summed E-state index contributed by atoms with van der Waals surface area (Å²) in [5.41, 5.74) is 5.68. The van der Waals surface area contributed by atoms with Gasteiger partial charge in [0.05, 0.1) is 12.5 Å². The first kappa shape index (κ1) is 21.2. The van der Waals surface area contributed by atoms with Gasteiger partial charge in [0.15, 0.2) is 0 Å². The molecule has 3 atom stereocenters. The number of aromatic hydroxyl groups is 1. The Morgan fingerprint density at radius 2 is 1.82 bits per heavy atom. The van der Waals surface area contributed by atoms with Crippen molar-refractivity contribution in [3.63, 3.8) is 0 Å². The van der Waals surface area contributed by atoms with Crippen LogP contribution in [0.1, 0.15) is 24.8 Å². The van der Waals surface area contributed by atoms with Gasteiger partial charge in [0.2, 0.25) is 17.7 Å². The van der Waals surface area contributed by atoms with Crippen LogP contribution in [0.3, 0.4) is 0 Å². The molecule has 0 spiro atoms. The third-order valence-electron chi connectivity index (χ3n) is 4.41. The summed E-state index contributed by atoms with van der Waals surface area (Å²) in [5, 5.41) is 26.5. The Morgan fingerprint density at radius 1 is 1.14 bits per heavy atom. The number of hydrogen-bond acceptors (Lipinski definition) is 6. The number of carboxylic acids is 1. The summed E-state index contributed by atoms with van der Waals surface area (Å²) in [7, 11) is 0. The molecule has 10 nitrogen and oxygen atoms in total. The van der Waals surface area contributed by atoms with E-state index in [-0.39, 0.29) is 18.1 Å². The number of amides is 3. The van der Waals surface area contributed by atoms with E-state index in [2.05, 4.69) is 16.0 Å². The van der Waals surface area contributed by atoms with Crippen molar-refractivity contribution >= 4 is 23.7 Å². The second-order valence-electron chi connectivity index (χ2n) is 6.65. The SMILES string of the molecule is NC(=O)C[C@H](NC(=O)[C@H](Cc1ccc(O)cc1)NC(=O)[C@@H]1CCCN1)C(=O)O. The second kappa shape index (κ2) is 9.70. The second-order valence-corrected chi connectivity index (χ2v) is 6.65. The molecule has 3 amide bonds. The molecule has 1 saturated heterocycles. The van der Waals surface area contributed by atoms with Gasteiger partial charge in [0, 0.05) is 6.42 Å². The number of phenolic OH excluding ortho intramolecular Hbond substituents is 1. The van der Waals surface area contributed by atoms with E-state index in [1.807, 2.05) is 0 Å². The Labute approximate surface area is 161 Å². The van der Waals surface area contributed by atoms with Crippen LogP contribution in [-0.2, 0) is 25.6 Å². The maximum absolute atomic E-state index is 12.7. The van der Waals surface area contributed by atoms with Crippen molar-refractivity contribution in [3.05, 3.63) is 29.8 Å². The summed E-state index contributed by atoms with van der Waals surface area (Å²) >= 11 is 0. The number of carboxylic acid groups (broad SMARTS) is 1. The summed E-state index contributed by atoms with van der Waals surface area (Å²) in [5.74, 6) is -3.33. The van der Waals surface area contributed by atoms with Crippen LogP contribution in [-0.4, -0.2) is 58.6 Å². The van der Waals surface area contributed by atoms with Crippen LogP contribution in [0, 0.1) is 0 Å².